The number of nitrogens with zero attached hydrogens (tertiary/aromatic N) is 1. The van der Waals surface area contributed by atoms with Gasteiger partial charge in [-0.2, -0.15) is 0 Å². The molecule has 1 aliphatic carbocycles. The molecule has 0 unspecified atom stereocenters. The lowest BCUT2D eigenvalue weighted by molar-refractivity contribution is 0.141. The first-order valence-corrected chi connectivity index (χ1v) is 7.05. The summed E-state index contributed by atoms with van der Waals surface area (Å²) in [6.45, 7) is 7.15. The van der Waals surface area contributed by atoms with E-state index in [1.165, 1.54) is 19.3 Å². The molecule has 0 aromatic rings. The fourth-order valence-electron chi connectivity index (χ4n) is 2.14. The van der Waals surface area contributed by atoms with Gasteiger partial charge in [0.2, 0.25) is 0 Å². The van der Waals surface area contributed by atoms with Gasteiger partial charge in [0.1, 0.15) is 0 Å². The molecule has 4 nitrogen and oxygen atoms in total. The lowest BCUT2D eigenvalue weighted by Crippen LogP contribution is -2.32. The first-order valence-electron chi connectivity index (χ1n) is 7.05. The Balaban J connectivity index is 2.16. The monoisotopic (exact) mass is 255 g/mol. The minimum Gasteiger partial charge on any atom is -0.387 e. The van der Waals surface area contributed by atoms with Crippen LogP contribution in [0.4, 0.5) is 0 Å². The van der Waals surface area contributed by atoms with E-state index in [0.717, 1.165) is 38.6 Å². The number of ether oxygens (including phenoxy) is 1. The fraction of sp³-hybridized carbons (Fsp3) is 0.929. The van der Waals surface area contributed by atoms with Gasteiger partial charge in [0.15, 0.2) is 0 Å². The quantitative estimate of drug-likeness (QED) is 0.357. The van der Waals surface area contributed by atoms with Crippen molar-refractivity contribution < 1.29 is 4.74 Å². The second kappa shape index (κ2) is 7.10. The molecule has 0 aromatic carbocycles. The van der Waals surface area contributed by atoms with Crippen molar-refractivity contribution in [2.45, 2.75) is 52.0 Å². The molecule has 0 atom stereocenters. The summed E-state index contributed by atoms with van der Waals surface area (Å²) in [6, 6.07) is 0.806. The largest absolute Gasteiger partial charge is 0.387 e. The molecule has 0 spiro atoms. The number of rotatable bonds is 10. The first kappa shape index (κ1) is 15.4. The third-order valence-corrected chi connectivity index (χ3v) is 3.87. The second-order valence-corrected chi connectivity index (χ2v) is 6.01. The Morgan fingerprint density at radius 1 is 1.33 bits per heavy atom. The minimum atomic E-state index is -0.142. The van der Waals surface area contributed by atoms with E-state index >= 15 is 0 Å². The van der Waals surface area contributed by atoms with Gasteiger partial charge in [0.05, 0.1) is 12.4 Å². The first-order chi connectivity index (χ1) is 8.47. The van der Waals surface area contributed by atoms with Crippen molar-refractivity contribution in [3.63, 3.8) is 0 Å². The zero-order valence-electron chi connectivity index (χ0n) is 12.2. The van der Waals surface area contributed by atoms with Gasteiger partial charge in [-0.3, -0.25) is 10.3 Å². The normalized spacial score (nSPS) is 16.2. The molecular weight excluding hydrogens is 226 g/mol. The summed E-state index contributed by atoms with van der Waals surface area (Å²) >= 11 is 0. The molecule has 1 rings (SSSR count). The van der Waals surface area contributed by atoms with Crippen molar-refractivity contribution in [2.24, 2.45) is 11.1 Å². The van der Waals surface area contributed by atoms with Crippen molar-refractivity contribution in [3.8, 4) is 0 Å². The third kappa shape index (κ3) is 5.36. The van der Waals surface area contributed by atoms with Crippen molar-refractivity contribution in [1.29, 1.82) is 5.41 Å². The number of hydrogen-bond acceptors (Lipinski definition) is 3. The summed E-state index contributed by atoms with van der Waals surface area (Å²) in [6.07, 6.45) is 6.04. The van der Waals surface area contributed by atoms with Gasteiger partial charge in [-0.05, 0) is 32.2 Å². The summed E-state index contributed by atoms with van der Waals surface area (Å²) in [5.74, 6) is 0.306. The maximum atomic E-state index is 7.54. The number of nitrogens with two attached hydrogens (primary N) is 1. The molecule has 0 aromatic heterocycles. The highest BCUT2D eigenvalue weighted by atomic mass is 16.5. The Morgan fingerprint density at radius 3 is 2.50 bits per heavy atom. The van der Waals surface area contributed by atoms with E-state index in [1.54, 1.807) is 7.11 Å². The molecule has 1 aliphatic rings. The fourth-order valence-corrected chi connectivity index (χ4v) is 2.14. The average molecular weight is 255 g/mol. The van der Waals surface area contributed by atoms with Crippen LogP contribution >= 0.6 is 0 Å². The average Bonchev–Trinajstić information content (AvgIpc) is 3.12. The van der Waals surface area contributed by atoms with E-state index in [4.69, 9.17) is 15.9 Å². The van der Waals surface area contributed by atoms with Crippen molar-refractivity contribution >= 4 is 5.84 Å². The van der Waals surface area contributed by atoms with Gasteiger partial charge in [-0.1, -0.05) is 20.3 Å². The van der Waals surface area contributed by atoms with Gasteiger partial charge >= 0.3 is 0 Å². The van der Waals surface area contributed by atoms with Crippen LogP contribution in [0, 0.1) is 10.8 Å². The van der Waals surface area contributed by atoms with E-state index in [-0.39, 0.29) is 5.41 Å². The molecule has 1 saturated carbocycles. The van der Waals surface area contributed by atoms with Gasteiger partial charge in [-0.25, -0.2) is 0 Å². The molecule has 3 N–H and O–H groups in total. The van der Waals surface area contributed by atoms with Crippen LogP contribution in [0.3, 0.4) is 0 Å². The molecule has 0 aliphatic heterocycles. The lowest BCUT2D eigenvalue weighted by Gasteiger charge is -2.25. The molecule has 106 valence electrons. The second-order valence-electron chi connectivity index (χ2n) is 6.01. The Labute approximate surface area is 111 Å². The van der Waals surface area contributed by atoms with Crippen LogP contribution in [0.5, 0.6) is 0 Å². The molecule has 0 saturated heterocycles. The van der Waals surface area contributed by atoms with Crippen LogP contribution in [0.15, 0.2) is 0 Å². The van der Waals surface area contributed by atoms with E-state index in [0.29, 0.717) is 5.84 Å². The molecule has 4 heteroatoms. The standard InChI is InChI=1S/C14H29N3O/c1-14(2,13(15)16)8-4-5-9-17(10-11-18-3)12-6-7-12/h12H,4-11H2,1-3H3,(H3,15,16). The molecule has 0 heterocycles. The Bertz CT molecular complexity index is 262. The number of amidine groups is 1. The van der Waals surface area contributed by atoms with Crippen LogP contribution in [-0.4, -0.2) is 43.6 Å². The third-order valence-electron chi connectivity index (χ3n) is 3.87. The zero-order chi connectivity index (χ0) is 13.6. The maximum absolute atomic E-state index is 7.54. The Kier molecular flexibility index (Phi) is 6.09. The molecule has 0 bridgehead atoms. The maximum Gasteiger partial charge on any atom is 0.0963 e. The summed E-state index contributed by atoms with van der Waals surface area (Å²) in [7, 11) is 1.76. The number of unbranched alkanes of at least 4 members (excludes halogenated alkanes) is 1. The molecule has 0 radical (unpaired) electrons. The Hall–Kier alpha value is -0.610. The zero-order valence-corrected chi connectivity index (χ0v) is 12.2. The predicted octanol–water partition coefficient (Wildman–Crippen LogP) is 2.23. The van der Waals surface area contributed by atoms with Crippen LogP contribution in [0.1, 0.15) is 46.0 Å². The van der Waals surface area contributed by atoms with Crippen LogP contribution in [-0.2, 0) is 4.74 Å². The molecular formula is C14H29N3O. The van der Waals surface area contributed by atoms with Crippen LogP contribution < -0.4 is 5.73 Å². The lowest BCUT2D eigenvalue weighted by atomic mass is 9.86. The summed E-state index contributed by atoms with van der Waals surface area (Å²) in [5, 5.41) is 7.54. The number of methoxy groups -OCH3 is 1. The minimum absolute atomic E-state index is 0.142. The summed E-state index contributed by atoms with van der Waals surface area (Å²) < 4.78 is 5.16. The van der Waals surface area contributed by atoms with E-state index in [2.05, 4.69) is 18.7 Å². The number of nitrogens with one attached hydrogen (secondary N) is 1. The Morgan fingerprint density at radius 2 is 2.00 bits per heavy atom. The predicted molar refractivity (Wildman–Crippen MR) is 76.0 cm³/mol. The van der Waals surface area contributed by atoms with Gasteiger partial charge in [-0.15, -0.1) is 0 Å². The summed E-state index contributed by atoms with van der Waals surface area (Å²) in [4.78, 5) is 2.55. The highest BCUT2D eigenvalue weighted by Crippen LogP contribution is 2.28. The number of hydrogen-bond donors (Lipinski definition) is 2. The SMILES string of the molecule is COCCN(CCCCC(C)(C)C(=N)N)C1CC1. The van der Waals surface area contributed by atoms with Gasteiger partial charge < -0.3 is 10.5 Å². The summed E-state index contributed by atoms with van der Waals surface area (Å²) in [5.41, 5.74) is 5.45. The topological polar surface area (TPSA) is 62.3 Å². The molecule has 18 heavy (non-hydrogen) atoms. The highest BCUT2D eigenvalue weighted by Gasteiger charge is 2.28. The van der Waals surface area contributed by atoms with Crippen molar-refractivity contribution in [1.82, 2.24) is 4.90 Å². The molecule has 1 fully saturated rings. The smallest absolute Gasteiger partial charge is 0.0963 e. The van der Waals surface area contributed by atoms with E-state index < -0.39 is 0 Å². The van der Waals surface area contributed by atoms with Crippen LogP contribution in [0.25, 0.3) is 0 Å². The van der Waals surface area contributed by atoms with Crippen molar-refractivity contribution in [3.05, 3.63) is 0 Å². The van der Waals surface area contributed by atoms with E-state index in [9.17, 15) is 0 Å². The molecule has 0 amide bonds. The van der Waals surface area contributed by atoms with Gasteiger partial charge in [0, 0.05) is 25.1 Å². The van der Waals surface area contributed by atoms with Crippen LogP contribution in [0.2, 0.25) is 0 Å². The van der Waals surface area contributed by atoms with E-state index in [1.807, 2.05) is 0 Å². The van der Waals surface area contributed by atoms with Crippen molar-refractivity contribution in [2.75, 3.05) is 26.8 Å². The van der Waals surface area contributed by atoms with Gasteiger partial charge in [0.25, 0.3) is 0 Å². The highest BCUT2D eigenvalue weighted by molar-refractivity contribution is 5.82.